The highest BCUT2D eigenvalue weighted by atomic mass is 35.5. The number of ketones is 1. The summed E-state index contributed by atoms with van der Waals surface area (Å²) >= 11 is 5.94. The molecule has 156 valence electrons. The highest BCUT2D eigenvalue weighted by Gasteiger charge is 2.30. The number of halogens is 1. The third-order valence-corrected chi connectivity index (χ3v) is 5.02. The van der Waals surface area contributed by atoms with Gasteiger partial charge in [0.15, 0.2) is 5.76 Å². The minimum atomic E-state index is -0.542. The number of fused-ring (bicyclic) bond motifs is 1. The quantitative estimate of drug-likeness (QED) is 0.285. The second-order valence-electron chi connectivity index (χ2n) is 6.91. The van der Waals surface area contributed by atoms with Crippen molar-refractivity contribution in [1.29, 1.82) is 0 Å². The van der Waals surface area contributed by atoms with Crippen LogP contribution in [0.4, 0.5) is 0 Å². The Morgan fingerprint density at radius 1 is 1.10 bits per heavy atom. The molecule has 0 spiro atoms. The average molecular weight is 435 g/mol. The zero-order chi connectivity index (χ0) is 22.0. The van der Waals surface area contributed by atoms with E-state index < -0.39 is 5.97 Å². The van der Waals surface area contributed by atoms with Crippen molar-refractivity contribution < 1.29 is 23.8 Å². The van der Waals surface area contributed by atoms with E-state index in [2.05, 4.69) is 0 Å². The molecule has 1 aliphatic rings. The molecule has 0 radical (unpaired) electrons. The molecular formula is C25H19ClO5. The van der Waals surface area contributed by atoms with Crippen molar-refractivity contribution in [3.63, 3.8) is 0 Å². The van der Waals surface area contributed by atoms with Gasteiger partial charge in [0.2, 0.25) is 5.78 Å². The number of rotatable bonds is 5. The van der Waals surface area contributed by atoms with Crippen LogP contribution in [-0.2, 0) is 0 Å². The summed E-state index contributed by atoms with van der Waals surface area (Å²) < 4.78 is 16.8. The van der Waals surface area contributed by atoms with E-state index in [1.807, 2.05) is 31.2 Å². The van der Waals surface area contributed by atoms with E-state index in [1.54, 1.807) is 43.3 Å². The first-order chi connectivity index (χ1) is 15.0. The van der Waals surface area contributed by atoms with Crippen molar-refractivity contribution in [2.24, 2.45) is 0 Å². The van der Waals surface area contributed by atoms with E-state index in [0.29, 0.717) is 39.8 Å². The third-order valence-electron chi connectivity index (χ3n) is 4.79. The summed E-state index contributed by atoms with van der Waals surface area (Å²) in [6.07, 6.45) is 1.68. The minimum Gasteiger partial charge on any atom is -0.494 e. The number of esters is 1. The van der Waals surface area contributed by atoms with Crippen molar-refractivity contribution in [1.82, 2.24) is 0 Å². The van der Waals surface area contributed by atoms with E-state index in [-0.39, 0.29) is 11.5 Å². The topological polar surface area (TPSA) is 61.8 Å². The van der Waals surface area contributed by atoms with Gasteiger partial charge in [-0.15, -0.1) is 0 Å². The highest BCUT2D eigenvalue weighted by Crippen LogP contribution is 2.39. The SMILES string of the molecule is CCOc1ccc(/C=C2\Oc3c(ccc(OC(=O)c4cccc(Cl)c4)c3C)C2=O)cc1. The Morgan fingerprint density at radius 2 is 1.87 bits per heavy atom. The van der Waals surface area contributed by atoms with Gasteiger partial charge in [0, 0.05) is 10.6 Å². The smallest absolute Gasteiger partial charge is 0.343 e. The summed E-state index contributed by atoms with van der Waals surface area (Å²) in [6.45, 7) is 4.24. The number of allylic oxidation sites excluding steroid dienone is 1. The van der Waals surface area contributed by atoms with Crippen LogP contribution < -0.4 is 14.2 Å². The van der Waals surface area contributed by atoms with Gasteiger partial charge in [0.25, 0.3) is 0 Å². The fraction of sp³-hybridized carbons (Fsp3) is 0.120. The van der Waals surface area contributed by atoms with Crippen LogP contribution in [0.5, 0.6) is 17.2 Å². The molecule has 0 unspecified atom stereocenters. The van der Waals surface area contributed by atoms with Crippen LogP contribution in [0.15, 0.2) is 66.4 Å². The van der Waals surface area contributed by atoms with Gasteiger partial charge in [-0.05, 0) is 68.0 Å². The van der Waals surface area contributed by atoms with Crippen LogP contribution in [0.2, 0.25) is 5.02 Å². The van der Waals surface area contributed by atoms with Gasteiger partial charge in [-0.1, -0.05) is 29.8 Å². The molecule has 0 saturated heterocycles. The lowest BCUT2D eigenvalue weighted by molar-refractivity contribution is 0.0733. The summed E-state index contributed by atoms with van der Waals surface area (Å²) in [5, 5.41) is 0.443. The van der Waals surface area contributed by atoms with Crippen LogP contribution in [0, 0.1) is 6.92 Å². The van der Waals surface area contributed by atoms with E-state index in [4.69, 9.17) is 25.8 Å². The Labute approximate surface area is 184 Å². The first-order valence-corrected chi connectivity index (χ1v) is 10.1. The summed E-state index contributed by atoms with van der Waals surface area (Å²) in [5.41, 5.74) is 2.14. The molecule has 31 heavy (non-hydrogen) atoms. The fourth-order valence-electron chi connectivity index (χ4n) is 3.23. The molecular weight excluding hydrogens is 416 g/mol. The molecule has 4 rings (SSSR count). The Hall–Kier alpha value is -3.57. The Morgan fingerprint density at radius 3 is 2.58 bits per heavy atom. The molecule has 6 heteroatoms. The maximum Gasteiger partial charge on any atom is 0.343 e. The maximum absolute atomic E-state index is 12.8. The molecule has 1 aliphatic heterocycles. The van der Waals surface area contributed by atoms with Crippen LogP contribution >= 0.6 is 11.6 Å². The molecule has 0 aliphatic carbocycles. The standard InChI is InChI=1S/C25H19ClO5/c1-3-29-19-9-7-16(8-10-19)13-22-23(27)20-11-12-21(15(2)24(20)30-22)31-25(28)17-5-4-6-18(26)14-17/h4-14H,3H2,1-2H3/b22-13-. The van der Waals surface area contributed by atoms with Gasteiger partial charge < -0.3 is 14.2 Å². The van der Waals surface area contributed by atoms with Crippen molar-refractivity contribution >= 4 is 29.4 Å². The van der Waals surface area contributed by atoms with Crippen LogP contribution in [-0.4, -0.2) is 18.4 Å². The maximum atomic E-state index is 12.8. The van der Waals surface area contributed by atoms with Gasteiger partial charge in [0.1, 0.15) is 17.2 Å². The molecule has 0 fully saturated rings. The number of carbonyl (C=O) groups excluding carboxylic acids is 2. The molecule has 0 saturated carbocycles. The number of hydrogen-bond donors (Lipinski definition) is 0. The van der Waals surface area contributed by atoms with E-state index in [9.17, 15) is 9.59 Å². The van der Waals surface area contributed by atoms with Crippen molar-refractivity contribution in [2.45, 2.75) is 13.8 Å². The van der Waals surface area contributed by atoms with Gasteiger partial charge in [-0.3, -0.25) is 4.79 Å². The fourth-order valence-corrected chi connectivity index (χ4v) is 3.42. The molecule has 0 aromatic heterocycles. The number of Topliss-reactive ketones (excluding diaryl/α,β-unsaturated/α-hetero) is 1. The van der Waals surface area contributed by atoms with Gasteiger partial charge >= 0.3 is 5.97 Å². The van der Waals surface area contributed by atoms with E-state index in [0.717, 1.165) is 11.3 Å². The Bertz CT molecular complexity index is 1200. The first kappa shape index (κ1) is 20.7. The average Bonchev–Trinajstić information content (AvgIpc) is 3.08. The number of carbonyl (C=O) groups is 2. The molecule has 0 N–H and O–H groups in total. The largest absolute Gasteiger partial charge is 0.494 e. The van der Waals surface area contributed by atoms with Crippen molar-refractivity contribution in [3.05, 3.63) is 93.7 Å². The second-order valence-corrected chi connectivity index (χ2v) is 7.34. The molecule has 5 nitrogen and oxygen atoms in total. The van der Waals surface area contributed by atoms with Gasteiger partial charge in [-0.25, -0.2) is 4.79 Å². The van der Waals surface area contributed by atoms with Gasteiger partial charge in [-0.2, -0.15) is 0 Å². The molecule has 3 aromatic carbocycles. The lowest BCUT2D eigenvalue weighted by Gasteiger charge is -2.10. The second kappa shape index (κ2) is 8.66. The van der Waals surface area contributed by atoms with Gasteiger partial charge in [0.05, 0.1) is 17.7 Å². The first-order valence-electron chi connectivity index (χ1n) is 9.74. The molecule has 0 amide bonds. The summed E-state index contributed by atoms with van der Waals surface area (Å²) in [4.78, 5) is 25.2. The normalized spacial score (nSPS) is 13.6. The van der Waals surface area contributed by atoms with Crippen LogP contribution in [0.1, 0.15) is 38.8 Å². The monoisotopic (exact) mass is 434 g/mol. The molecule has 3 aromatic rings. The van der Waals surface area contributed by atoms with E-state index in [1.165, 1.54) is 6.07 Å². The van der Waals surface area contributed by atoms with E-state index >= 15 is 0 Å². The predicted molar refractivity (Wildman–Crippen MR) is 118 cm³/mol. The zero-order valence-corrected chi connectivity index (χ0v) is 17.7. The lowest BCUT2D eigenvalue weighted by Crippen LogP contribution is -2.09. The van der Waals surface area contributed by atoms with Crippen molar-refractivity contribution in [3.8, 4) is 17.2 Å². The zero-order valence-electron chi connectivity index (χ0n) is 17.0. The number of ether oxygens (including phenoxy) is 3. The Balaban J connectivity index is 1.57. The summed E-state index contributed by atoms with van der Waals surface area (Å²) in [5.74, 6) is 0.909. The minimum absolute atomic E-state index is 0.209. The van der Waals surface area contributed by atoms with Crippen molar-refractivity contribution in [2.75, 3.05) is 6.61 Å². The number of benzene rings is 3. The van der Waals surface area contributed by atoms with Crippen LogP contribution in [0.25, 0.3) is 6.08 Å². The third kappa shape index (κ3) is 4.32. The highest BCUT2D eigenvalue weighted by molar-refractivity contribution is 6.30. The lowest BCUT2D eigenvalue weighted by atomic mass is 10.1. The molecule has 0 bridgehead atoms. The summed E-state index contributed by atoms with van der Waals surface area (Å²) in [7, 11) is 0. The van der Waals surface area contributed by atoms with Crippen LogP contribution in [0.3, 0.4) is 0 Å². The Kier molecular flexibility index (Phi) is 5.78. The number of hydrogen-bond acceptors (Lipinski definition) is 5. The summed E-state index contributed by atoms with van der Waals surface area (Å²) in [6, 6.07) is 17.1. The predicted octanol–water partition coefficient (Wildman–Crippen LogP) is 5.88. The molecule has 1 heterocycles. The molecule has 0 atom stereocenters.